The molecule has 6 heavy (non-hydrogen) atoms. The molecule has 0 bridgehead atoms. The zero-order chi connectivity index (χ0) is 4.99. The van der Waals surface area contributed by atoms with Crippen LogP contribution in [0.2, 0.25) is 0 Å². The Balaban J connectivity index is 3.50. The van der Waals surface area contributed by atoms with Gasteiger partial charge in [0.1, 0.15) is 0 Å². The molecule has 32 valence electrons. The number of hydrogen-bond acceptors (Lipinski definition) is 0. The molecule has 0 heteroatoms. The fourth-order valence-corrected chi connectivity index (χ4v) is 0.0833. The fourth-order valence-electron chi connectivity index (χ4n) is 0.0833. The molecular formula is C6H8. The van der Waals surface area contributed by atoms with Gasteiger partial charge in [0.15, 0.2) is 0 Å². The van der Waals surface area contributed by atoms with E-state index in [1.807, 2.05) is 13.8 Å². The Bertz CT molecular complexity index is 68.1. The summed E-state index contributed by atoms with van der Waals surface area (Å²) in [6.45, 7) is 8.79. The van der Waals surface area contributed by atoms with Crippen LogP contribution >= 0.6 is 0 Å². The van der Waals surface area contributed by atoms with Gasteiger partial charge in [0, 0.05) is 0 Å². The van der Waals surface area contributed by atoms with E-state index in [0.717, 1.165) is 5.57 Å². The van der Waals surface area contributed by atoms with Crippen LogP contribution in [-0.2, 0) is 0 Å². The predicted octanol–water partition coefficient (Wildman–Crippen LogP) is 1.74. The van der Waals surface area contributed by atoms with Gasteiger partial charge >= 0.3 is 0 Å². The lowest BCUT2D eigenvalue weighted by atomic mass is 10.3. The number of allylic oxidation sites excluding steroid dienone is 3. The minimum atomic E-state index is 0.995. The molecule has 0 aromatic carbocycles. The maximum Gasteiger partial charge on any atom is -0.0392 e. The van der Waals surface area contributed by atoms with Gasteiger partial charge < -0.3 is 0 Å². The molecule has 0 nitrogen and oxygen atoms in total. The maximum atomic E-state index is 5.06. The molecule has 0 aromatic rings. The summed E-state index contributed by atoms with van der Waals surface area (Å²) in [6.07, 6.45) is 4.38. The van der Waals surface area contributed by atoms with E-state index in [0.29, 0.717) is 0 Å². The van der Waals surface area contributed by atoms with Gasteiger partial charge in [-0.15, -0.1) is 0 Å². The van der Waals surface area contributed by atoms with Gasteiger partial charge in [-0.25, -0.2) is 0 Å². The SMILES string of the molecule is [CH]=C/C(C)=[C]\C. The zero-order valence-electron chi connectivity index (χ0n) is 4.15. The zero-order valence-corrected chi connectivity index (χ0v) is 4.15. The summed E-state index contributed by atoms with van der Waals surface area (Å²) in [5.74, 6) is 0. The van der Waals surface area contributed by atoms with Crippen LogP contribution in [0.4, 0.5) is 0 Å². The second-order valence-corrected chi connectivity index (χ2v) is 1.10. The Morgan fingerprint density at radius 2 is 2.33 bits per heavy atom. The minimum absolute atomic E-state index is 0.995. The molecule has 0 unspecified atom stereocenters. The first-order valence-electron chi connectivity index (χ1n) is 1.87. The Hall–Kier alpha value is -0.520. The van der Waals surface area contributed by atoms with Crippen LogP contribution in [0.1, 0.15) is 13.8 Å². The van der Waals surface area contributed by atoms with E-state index in [2.05, 4.69) is 6.08 Å². The van der Waals surface area contributed by atoms with Crippen molar-refractivity contribution in [1.82, 2.24) is 0 Å². The molecule has 0 fully saturated rings. The van der Waals surface area contributed by atoms with Crippen LogP contribution in [0.15, 0.2) is 11.6 Å². The highest BCUT2D eigenvalue weighted by molar-refractivity contribution is 5.05. The molecule has 0 amide bonds. The Labute approximate surface area is 39.2 Å². The summed E-state index contributed by atoms with van der Waals surface area (Å²) >= 11 is 0. The van der Waals surface area contributed by atoms with Gasteiger partial charge in [-0.2, -0.15) is 0 Å². The lowest BCUT2D eigenvalue weighted by Gasteiger charge is -1.77. The number of rotatable bonds is 1. The quantitative estimate of drug-likeness (QED) is 0.421. The van der Waals surface area contributed by atoms with Gasteiger partial charge in [0.2, 0.25) is 0 Å². The van der Waals surface area contributed by atoms with Crippen LogP contribution in [0, 0.1) is 12.7 Å². The standard InChI is InChI=1S/C6H8/c1-4-6(3)5-2/h1,4H,2-3H3. The van der Waals surface area contributed by atoms with E-state index in [-0.39, 0.29) is 0 Å². The van der Waals surface area contributed by atoms with Gasteiger partial charge in [-0.05, 0) is 25.5 Å². The second kappa shape index (κ2) is 2.70. The van der Waals surface area contributed by atoms with Crippen LogP contribution in [-0.4, -0.2) is 0 Å². The Morgan fingerprint density at radius 1 is 1.83 bits per heavy atom. The third kappa shape index (κ3) is 1.77. The molecule has 0 aromatic heterocycles. The van der Waals surface area contributed by atoms with Crippen LogP contribution < -0.4 is 0 Å². The van der Waals surface area contributed by atoms with Crippen molar-refractivity contribution in [2.75, 3.05) is 0 Å². The van der Waals surface area contributed by atoms with Crippen molar-refractivity contribution < 1.29 is 0 Å². The molecule has 0 aliphatic rings. The van der Waals surface area contributed by atoms with Crippen molar-refractivity contribution in [3.63, 3.8) is 0 Å². The Morgan fingerprint density at radius 3 is 2.33 bits per heavy atom. The van der Waals surface area contributed by atoms with E-state index in [1.54, 1.807) is 0 Å². The van der Waals surface area contributed by atoms with Crippen molar-refractivity contribution >= 4 is 0 Å². The lowest BCUT2D eigenvalue weighted by molar-refractivity contribution is 1.44. The highest BCUT2D eigenvalue weighted by Gasteiger charge is 1.67. The third-order valence-corrected chi connectivity index (χ3v) is 0.644. The smallest absolute Gasteiger partial charge is 0.0392 e. The average molecular weight is 80.1 g/mol. The highest BCUT2D eigenvalue weighted by Crippen LogP contribution is 1.86. The fraction of sp³-hybridized carbons (Fsp3) is 0.333. The topological polar surface area (TPSA) is 0 Å². The summed E-state index contributed by atoms with van der Waals surface area (Å²) < 4.78 is 0. The molecule has 2 radical (unpaired) electrons. The van der Waals surface area contributed by atoms with Gasteiger partial charge in [0.05, 0.1) is 0 Å². The molecule has 0 atom stereocenters. The summed E-state index contributed by atoms with van der Waals surface area (Å²) in [5.41, 5.74) is 0.995. The summed E-state index contributed by atoms with van der Waals surface area (Å²) in [7, 11) is 0. The van der Waals surface area contributed by atoms with Gasteiger partial charge in [-0.1, -0.05) is 12.7 Å². The molecule has 0 saturated heterocycles. The molecule has 0 spiro atoms. The molecule has 0 heterocycles. The van der Waals surface area contributed by atoms with E-state index >= 15 is 0 Å². The first-order valence-corrected chi connectivity index (χ1v) is 1.87. The van der Waals surface area contributed by atoms with Gasteiger partial charge in [-0.3, -0.25) is 0 Å². The first kappa shape index (κ1) is 5.48. The van der Waals surface area contributed by atoms with Crippen LogP contribution in [0.25, 0.3) is 0 Å². The monoisotopic (exact) mass is 80.1 g/mol. The highest BCUT2D eigenvalue weighted by atomic mass is 13.7. The van der Waals surface area contributed by atoms with Crippen molar-refractivity contribution in [3.8, 4) is 0 Å². The maximum absolute atomic E-state index is 5.06. The molecule has 0 N–H and O–H groups in total. The third-order valence-electron chi connectivity index (χ3n) is 0.644. The molecular weight excluding hydrogens is 72.1 g/mol. The second-order valence-electron chi connectivity index (χ2n) is 1.10. The van der Waals surface area contributed by atoms with E-state index in [4.69, 9.17) is 6.58 Å². The average Bonchev–Trinajstić information content (AvgIpc) is 1.65. The van der Waals surface area contributed by atoms with Crippen molar-refractivity contribution in [2.24, 2.45) is 0 Å². The molecule has 0 aliphatic heterocycles. The van der Waals surface area contributed by atoms with Crippen molar-refractivity contribution in [3.05, 3.63) is 24.3 Å². The lowest BCUT2D eigenvalue weighted by Crippen LogP contribution is -1.58. The van der Waals surface area contributed by atoms with Crippen LogP contribution in [0.5, 0.6) is 0 Å². The first-order chi connectivity index (χ1) is 2.81. The molecule has 0 saturated carbocycles. The van der Waals surface area contributed by atoms with Gasteiger partial charge in [0.25, 0.3) is 0 Å². The normalized spacial score (nSPS) is 11.3. The molecule has 0 aliphatic carbocycles. The van der Waals surface area contributed by atoms with Crippen LogP contribution in [0.3, 0.4) is 0 Å². The predicted molar refractivity (Wildman–Crippen MR) is 27.0 cm³/mol. The summed E-state index contributed by atoms with van der Waals surface area (Å²) in [4.78, 5) is 0. The van der Waals surface area contributed by atoms with E-state index < -0.39 is 0 Å². The summed E-state index contributed by atoms with van der Waals surface area (Å²) in [5, 5.41) is 0. The Kier molecular flexibility index (Phi) is 2.47. The van der Waals surface area contributed by atoms with Crippen molar-refractivity contribution in [1.29, 1.82) is 0 Å². The number of hydrogen-bond donors (Lipinski definition) is 0. The minimum Gasteiger partial charge on any atom is -0.0620 e. The van der Waals surface area contributed by atoms with E-state index in [1.165, 1.54) is 6.08 Å². The van der Waals surface area contributed by atoms with E-state index in [9.17, 15) is 0 Å². The summed E-state index contributed by atoms with van der Waals surface area (Å²) in [6, 6.07) is 0. The largest absolute Gasteiger partial charge is 0.0620 e. The molecule has 0 rings (SSSR count). The van der Waals surface area contributed by atoms with Crippen molar-refractivity contribution in [2.45, 2.75) is 13.8 Å².